The third-order valence-electron chi connectivity index (χ3n) is 9.12. The summed E-state index contributed by atoms with van der Waals surface area (Å²) in [4.78, 5) is 137. The maximum Gasteiger partial charge on any atom is 0.549 e. The van der Waals surface area contributed by atoms with Crippen LogP contribution in [0.25, 0.3) is 0 Å². The van der Waals surface area contributed by atoms with Gasteiger partial charge in [-0.3, -0.25) is 0 Å². The Kier molecular flexibility index (Phi) is 19.1. The van der Waals surface area contributed by atoms with Crippen LogP contribution in [0, 0.1) is 5.41 Å². The summed E-state index contributed by atoms with van der Waals surface area (Å²) in [6.07, 6.45) is -4.02. The van der Waals surface area contributed by atoms with Gasteiger partial charge in [-0.2, -0.15) is 19.2 Å². The predicted octanol–water partition coefficient (Wildman–Crippen LogP) is 7.92. The number of aryl methyl sites for hydroxylation is 4. The van der Waals surface area contributed by atoms with Crippen LogP contribution in [0.2, 0.25) is 0 Å². The second-order valence-electron chi connectivity index (χ2n) is 13.7. The Balaban J connectivity index is 1.49. The molecule has 0 amide bonds. The van der Waals surface area contributed by atoms with E-state index in [1.54, 1.807) is 48.5 Å². The SMILES string of the molecule is CCc1ccc(C(=O)OOC(=O)OCC(COC(=O)OOC(=O)c2ccc(CC)cc2)(COC(=O)OOC(=O)c2ccc(CC)cc2)COC(=O)OOC(=O)c2ccc(CC)cc2)cc1. The molecule has 0 aliphatic rings. The first-order valence-corrected chi connectivity index (χ1v) is 19.8. The summed E-state index contributed by atoms with van der Waals surface area (Å²) in [6, 6.07) is 24.5. The molecule has 0 aliphatic heterocycles. The largest absolute Gasteiger partial charge is 0.549 e. The Morgan fingerprint density at radius 3 is 0.662 bits per heavy atom. The number of ether oxygens (including phenoxy) is 4. The van der Waals surface area contributed by atoms with E-state index in [1.165, 1.54) is 48.5 Å². The van der Waals surface area contributed by atoms with Crippen LogP contribution < -0.4 is 0 Å². The number of hydrogen-bond acceptors (Lipinski definition) is 20. The predicted molar refractivity (Wildman–Crippen MR) is 217 cm³/mol. The molecule has 0 aromatic heterocycles. The minimum atomic E-state index is -2.23. The van der Waals surface area contributed by atoms with E-state index in [2.05, 4.69) is 39.1 Å². The zero-order valence-electron chi connectivity index (χ0n) is 35.6. The molecule has 65 heavy (non-hydrogen) atoms. The van der Waals surface area contributed by atoms with Crippen molar-refractivity contribution in [2.75, 3.05) is 26.4 Å². The topological polar surface area (TPSA) is 247 Å². The molecule has 0 heterocycles. The maximum atomic E-state index is 12.7. The zero-order valence-corrected chi connectivity index (χ0v) is 35.6. The van der Waals surface area contributed by atoms with Gasteiger partial charge >= 0.3 is 48.5 Å². The average molecular weight is 905 g/mol. The van der Waals surface area contributed by atoms with E-state index < -0.39 is 80.3 Å². The highest BCUT2D eigenvalue weighted by Crippen LogP contribution is 2.23. The summed E-state index contributed by atoms with van der Waals surface area (Å²) in [5, 5.41) is 0. The third kappa shape index (κ3) is 16.2. The fourth-order valence-electron chi connectivity index (χ4n) is 5.18. The summed E-state index contributed by atoms with van der Waals surface area (Å²) in [7, 11) is 0. The Morgan fingerprint density at radius 2 is 0.492 bits per heavy atom. The van der Waals surface area contributed by atoms with E-state index in [0.29, 0.717) is 25.7 Å². The number of benzene rings is 4. The van der Waals surface area contributed by atoms with Gasteiger partial charge < -0.3 is 18.9 Å². The van der Waals surface area contributed by atoms with Crippen molar-refractivity contribution in [1.29, 1.82) is 0 Å². The second-order valence-corrected chi connectivity index (χ2v) is 13.7. The molecule has 0 spiro atoms. The number of rotatable bonds is 16. The van der Waals surface area contributed by atoms with Gasteiger partial charge in [0.1, 0.15) is 31.8 Å². The molecule has 0 saturated carbocycles. The van der Waals surface area contributed by atoms with Crippen molar-refractivity contribution in [3.05, 3.63) is 142 Å². The summed E-state index contributed by atoms with van der Waals surface area (Å²) in [5.41, 5.74) is 1.41. The van der Waals surface area contributed by atoms with Gasteiger partial charge in [-0.1, -0.05) is 76.2 Å². The molecule has 20 nitrogen and oxygen atoms in total. The van der Waals surface area contributed by atoms with Gasteiger partial charge in [-0.25, -0.2) is 58.3 Å². The zero-order chi connectivity index (χ0) is 47.2. The van der Waals surface area contributed by atoms with Crippen molar-refractivity contribution in [2.24, 2.45) is 5.41 Å². The van der Waals surface area contributed by atoms with Crippen LogP contribution >= 0.6 is 0 Å². The first kappa shape index (κ1) is 49.5. The number of hydrogen-bond donors (Lipinski definition) is 0. The van der Waals surface area contributed by atoms with E-state index in [9.17, 15) is 38.4 Å². The minimum Gasteiger partial charge on any atom is -0.431 e. The first-order valence-electron chi connectivity index (χ1n) is 19.8. The van der Waals surface area contributed by atoms with Crippen LogP contribution in [0.15, 0.2) is 97.1 Å². The highest BCUT2D eigenvalue weighted by Gasteiger charge is 2.40. The molecule has 0 atom stereocenters. The van der Waals surface area contributed by atoms with Crippen molar-refractivity contribution in [3.63, 3.8) is 0 Å². The molecule has 0 bridgehead atoms. The molecule has 4 aromatic carbocycles. The molecular weight excluding hydrogens is 860 g/mol. The van der Waals surface area contributed by atoms with Crippen LogP contribution in [0.5, 0.6) is 0 Å². The highest BCUT2D eigenvalue weighted by molar-refractivity contribution is 5.91. The van der Waals surface area contributed by atoms with Gasteiger partial charge in [0.25, 0.3) is 0 Å². The lowest BCUT2D eigenvalue weighted by Gasteiger charge is -2.30. The maximum absolute atomic E-state index is 12.7. The van der Waals surface area contributed by atoms with Gasteiger partial charge in [0.15, 0.2) is 0 Å². The smallest absolute Gasteiger partial charge is 0.431 e. The van der Waals surface area contributed by atoms with E-state index in [4.69, 9.17) is 18.9 Å². The molecule has 0 N–H and O–H groups in total. The van der Waals surface area contributed by atoms with E-state index in [-0.39, 0.29) is 22.3 Å². The number of carbonyl (C=O) groups is 8. The van der Waals surface area contributed by atoms with Crippen LogP contribution in [0.3, 0.4) is 0 Å². The highest BCUT2D eigenvalue weighted by atomic mass is 17.3. The fourth-order valence-corrected chi connectivity index (χ4v) is 5.18. The van der Waals surface area contributed by atoms with E-state index in [0.717, 1.165) is 22.3 Å². The van der Waals surface area contributed by atoms with Crippen molar-refractivity contribution >= 4 is 48.5 Å². The monoisotopic (exact) mass is 904 g/mol. The Bertz CT molecular complexity index is 1930. The third-order valence-corrected chi connectivity index (χ3v) is 9.12. The Morgan fingerprint density at radius 1 is 0.308 bits per heavy atom. The lowest BCUT2D eigenvalue weighted by Crippen LogP contribution is -2.44. The Labute approximate surface area is 371 Å². The summed E-state index contributed by atoms with van der Waals surface area (Å²) < 4.78 is 20.2. The number of carbonyl (C=O) groups excluding carboxylic acids is 8. The van der Waals surface area contributed by atoms with Crippen LogP contribution in [-0.2, 0) is 83.7 Å². The normalized spacial score (nSPS) is 10.5. The molecule has 0 radical (unpaired) electrons. The van der Waals surface area contributed by atoms with Crippen molar-refractivity contribution in [3.8, 4) is 0 Å². The van der Waals surface area contributed by atoms with Crippen molar-refractivity contribution < 1.29 is 96.4 Å². The second kappa shape index (κ2) is 25.1. The van der Waals surface area contributed by atoms with Gasteiger partial charge in [-0.05, 0) is 96.5 Å². The van der Waals surface area contributed by atoms with Gasteiger partial charge in [-0.15, -0.1) is 0 Å². The van der Waals surface area contributed by atoms with Gasteiger partial charge in [0, 0.05) is 0 Å². The van der Waals surface area contributed by atoms with Crippen molar-refractivity contribution in [1.82, 2.24) is 0 Å². The molecule has 4 aromatic rings. The molecule has 0 fully saturated rings. The van der Waals surface area contributed by atoms with Crippen molar-refractivity contribution in [2.45, 2.75) is 53.4 Å². The molecule has 0 aliphatic carbocycles. The fraction of sp³-hybridized carbons (Fsp3) is 0.289. The lowest BCUT2D eigenvalue weighted by atomic mass is 9.92. The van der Waals surface area contributed by atoms with Crippen LogP contribution in [0.1, 0.15) is 91.4 Å². The summed E-state index contributed by atoms with van der Waals surface area (Å²) in [5.74, 6) is -4.38. The molecular formula is C45H44O20. The first-order chi connectivity index (χ1) is 31.3. The molecule has 344 valence electrons. The molecule has 0 saturated heterocycles. The summed E-state index contributed by atoms with van der Waals surface area (Å²) >= 11 is 0. The molecule has 4 rings (SSSR count). The molecule has 0 unspecified atom stereocenters. The van der Waals surface area contributed by atoms with Crippen LogP contribution in [0.4, 0.5) is 19.2 Å². The van der Waals surface area contributed by atoms with E-state index >= 15 is 0 Å². The molecule has 20 heteroatoms. The minimum absolute atomic E-state index is 0.00566. The van der Waals surface area contributed by atoms with Gasteiger partial charge in [0.2, 0.25) is 0 Å². The lowest BCUT2D eigenvalue weighted by molar-refractivity contribution is -0.223. The summed E-state index contributed by atoms with van der Waals surface area (Å²) in [6.45, 7) is 3.26. The van der Waals surface area contributed by atoms with Gasteiger partial charge in [0.05, 0.1) is 22.3 Å². The van der Waals surface area contributed by atoms with Crippen LogP contribution in [-0.4, -0.2) is 74.9 Å². The average Bonchev–Trinajstić information content (AvgIpc) is 3.35. The quantitative estimate of drug-likeness (QED) is 0.0448. The standard InChI is InChI=1S/C45H44O20/c1-5-29-9-17-33(18-10-29)37(46)58-62-41(50)54-25-45(26-55-42(51)63-59-38(47)34-19-11-30(6-2)12-20-34,27-56-43(52)64-60-39(48)35-21-13-31(7-3)14-22-35)28-57-44(53)65-61-40(49)36-23-15-32(8-4)16-24-36/h9-24H,5-8,25-28H2,1-4H3. The van der Waals surface area contributed by atoms with E-state index in [1.807, 2.05) is 27.7 Å². The Hall–Kier alpha value is -8.16.